The van der Waals surface area contributed by atoms with Gasteiger partial charge in [0, 0.05) is 42.3 Å². The SMILES string of the molecule is CC1=C(C(=O)Nc2ccc([N+](=O)[O-])cc2)[C@H](c2ccc(N3CCOCC3)cc2)NC(=O)N1. The van der Waals surface area contributed by atoms with E-state index in [4.69, 9.17) is 4.74 Å². The van der Waals surface area contributed by atoms with Gasteiger partial charge in [0.05, 0.1) is 29.8 Å². The van der Waals surface area contributed by atoms with Gasteiger partial charge in [-0.1, -0.05) is 12.1 Å². The Kier molecular flexibility index (Phi) is 6.04. The molecule has 0 bridgehead atoms. The highest BCUT2D eigenvalue weighted by atomic mass is 16.6. The summed E-state index contributed by atoms with van der Waals surface area (Å²) in [6.45, 7) is 4.65. The van der Waals surface area contributed by atoms with Crippen LogP contribution in [0.15, 0.2) is 59.8 Å². The van der Waals surface area contributed by atoms with Crippen LogP contribution in [0.3, 0.4) is 0 Å². The molecule has 0 aromatic heterocycles. The molecule has 1 saturated heterocycles. The first-order chi connectivity index (χ1) is 15.4. The number of benzene rings is 2. The summed E-state index contributed by atoms with van der Waals surface area (Å²) in [4.78, 5) is 37.8. The number of hydrogen-bond donors (Lipinski definition) is 3. The largest absolute Gasteiger partial charge is 0.378 e. The maximum absolute atomic E-state index is 13.1. The van der Waals surface area contributed by atoms with Crippen LogP contribution in [-0.2, 0) is 9.53 Å². The molecule has 2 aliphatic heterocycles. The number of anilines is 2. The number of nitro groups is 1. The van der Waals surface area contributed by atoms with Crippen LogP contribution in [0.2, 0.25) is 0 Å². The number of non-ortho nitro benzene ring substituents is 1. The van der Waals surface area contributed by atoms with Crippen molar-refractivity contribution in [2.24, 2.45) is 0 Å². The first-order valence-electron chi connectivity index (χ1n) is 10.2. The summed E-state index contributed by atoms with van der Waals surface area (Å²) in [7, 11) is 0. The number of morpholine rings is 1. The Balaban J connectivity index is 1.56. The molecule has 0 spiro atoms. The number of carbonyl (C=O) groups excluding carboxylic acids is 2. The van der Waals surface area contributed by atoms with E-state index < -0.39 is 22.9 Å². The maximum atomic E-state index is 13.1. The maximum Gasteiger partial charge on any atom is 0.319 e. The van der Waals surface area contributed by atoms with Gasteiger partial charge in [-0.2, -0.15) is 0 Å². The second-order valence-corrected chi connectivity index (χ2v) is 7.52. The van der Waals surface area contributed by atoms with Gasteiger partial charge >= 0.3 is 6.03 Å². The summed E-state index contributed by atoms with van der Waals surface area (Å²) in [6.07, 6.45) is 0. The fraction of sp³-hybridized carbons (Fsp3) is 0.273. The van der Waals surface area contributed by atoms with Gasteiger partial charge in [-0.15, -0.1) is 0 Å². The Morgan fingerprint density at radius 3 is 2.41 bits per heavy atom. The molecule has 0 aliphatic carbocycles. The molecule has 166 valence electrons. The van der Waals surface area contributed by atoms with Crippen molar-refractivity contribution in [3.63, 3.8) is 0 Å². The van der Waals surface area contributed by atoms with E-state index in [1.807, 2.05) is 24.3 Å². The molecule has 2 aliphatic rings. The summed E-state index contributed by atoms with van der Waals surface area (Å²) in [5.74, 6) is -0.411. The first kappa shape index (κ1) is 21.3. The molecular formula is C22H23N5O5. The highest BCUT2D eigenvalue weighted by Crippen LogP contribution is 2.29. The van der Waals surface area contributed by atoms with Crippen molar-refractivity contribution < 1.29 is 19.2 Å². The number of allylic oxidation sites excluding steroid dienone is 1. The number of nitrogens with one attached hydrogen (secondary N) is 3. The minimum Gasteiger partial charge on any atom is -0.378 e. The predicted molar refractivity (Wildman–Crippen MR) is 118 cm³/mol. The highest BCUT2D eigenvalue weighted by Gasteiger charge is 2.31. The second kappa shape index (κ2) is 9.06. The molecule has 10 heteroatoms. The predicted octanol–water partition coefficient (Wildman–Crippen LogP) is 2.70. The fourth-order valence-corrected chi connectivity index (χ4v) is 3.81. The third-order valence-corrected chi connectivity index (χ3v) is 5.45. The Morgan fingerprint density at radius 1 is 1.12 bits per heavy atom. The van der Waals surface area contributed by atoms with Gasteiger partial charge in [-0.05, 0) is 36.8 Å². The molecule has 2 heterocycles. The number of nitro benzene ring substituents is 1. The fourth-order valence-electron chi connectivity index (χ4n) is 3.81. The number of amides is 3. The van der Waals surface area contributed by atoms with Crippen LogP contribution in [0.1, 0.15) is 18.5 Å². The lowest BCUT2D eigenvalue weighted by molar-refractivity contribution is -0.384. The minimum atomic E-state index is -0.638. The molecule has 2 aromatic rings. The van der Waals surface area contributed by atoms with Crippen LogP contribution in [0.4, 0.5) is 21.9 Å². The van der Waals surface area contributed by atoms with E-state index in [9.17, 15) is 19.7 Å². The molecule has 1 fully saturated rings. The lowest BCUT2D eigenvalue weighted by Gasteiger charge is -2.31. The van der Waals surface area contributed by atoms with E-state index in [-0.39, 0.29) is 5.69 Å². The van der Waals surface area contributed by atoms with Crippen molar-refractivity contribution in [1.29, 1.82) is 0 Å². The van der Waals surface area contributed by atoms with Crippen molar-refractivity contribution >= 4 is 29.0 Å². The average molecular weight is 437 g/mol. The smallest absolute Gasteiger partial charge is 0.319 e. The molecule has 32 heavy (non-hydrogen) atoms. The third kappa shape index (κ3) is 4.54. The van der Waals surface area contributed by atoms with Gasteiger partial charge in [0.15, 0.2) is 0 Å². The van der Waals surface area contributed by atoms with Gasteiger partial charge in [0.1, 0.15) is 0 Å². The van der Waals surface area contributed by atoms with Crippen molar-refractivity contribution in [2.75, 3.05) is 36.5 Å². The van der Waals surface area contributed by atoms with Crippen molar-refractivity contribution in [3.05, 3.63) is 75.5 Å². The Hall–Kier alpha value is -3.92. The standard InChI is InChI=1S/C22H23N5O5/c1-14-19(21(28)24-16-4-8-18(9-5-16)27(30)31)20(25-22(29)23-14)15-2-6-17(7-3-15)26-10-12-32-13-11-26/h2-9,20H,10-13H2,1H3,(H,24,28)(H2,23,25,29)/t20-/m0/s1. The quantitative estimate of drug-likeness (QED) is 0.488. The van der Waals surface area contributed by atoms with Crippen molar-refractivity contribution in [3.8, 4) is 0 Å². The molecule has 0 unspecified atom stereocenters. The van der Waals surface area contributed by atoms with Gasteiger partial charge in [0.25, 0.3) is 11.6 Å². The number of rotatable bonds is 5. The minimum absolute atomic E-state index is 0.0665. The third-order valence-electron chi connectivity index (χ3n) is 5.45. The summed E-state index contributed by atoms with van der Waals surface area (Å²) in [5.41, 5.74) is 2.97. The highest BCUT2D eigenvalue weighted by molar-refractivity contribution is 6.06. The molecule has 0 saturated carbocycles. The lowest BCUT2D eigenvalue weighted by atomic mass is 9.94. The van der Waals surface area contributed by atoms with Crippen molar-refractivity contribution in [1.82, 2.24) is 10.6 Å². The van der Waals surface area contributed by atoms with Crippen LogP contribution < -0.4 is 20.9 Å². The second-order valence-electron chi connectivity index (χ2n) is 7.52. The molecule has 4 rings (SSSR count). The molecule has 3 N–H and O–H groups in total. The van der Waals surface area contributed by atoms with E-state index in [0.717, 1.165) is 24.3 Å². The van der Waals surface area contributed by atoms with Crippen LogP contribution >= 0.6 is 0 Å². The van der Waals surface area contributed by atoms with Gasteiger partial charge in [0.2, 0.25) is 0 Å². The number of hydrogen-bond acceptors (Lipinski definition) is 6. The first-order valence-corrected chi connectivity index (χ1v) is 10.2. The number of carbonyl (C=O) groups is 2. The lowest BCUT2D eigenvalue weighted by Crippen LogP contribution is -2.46. The van der Waals surface area contributed by atoms with Crippen LogP contribution in [-0.4, -0.2) is 43.2 Å². The van der Waals surface area contributed by atoms with Crippen LogP contribution in [0.25, 0.3) is 0 Å². The van der Waals surface area contributed by atoms with Crippen LogP contribution in [0.5, 0.6) is 0 Å². The molecule has 1 atom stereocenters. The van der Waals surface area contributed by atoms with E-state index in [1.54, 1.807) is 6.92 Å². The zero-order chi connectivity index (χ0) is 22.7. The van der Waals surface area contributed by atoms with Gasteiger partial charge < -0.3 is 25.6 Å². The summed E-state index contributed by atoms with van der Waals surface area (Å²) in [6, 6.07) is 12.3. The van der Waals surface area contributed by atoms with Gasteiger partial charge in [-0.3, -0.25) is 14.9 Å². The Bertz CT molecular complexity index is 1060. The van der Waals surface area contributed by atoms with E-state index >= 15 is 0 Å². The monoisotopic (exact) mass is 437 g/mol. The summed E-state index contributed by atoms with van der Waals surface area (Å²) in [5, 5.41) is 19.0. The van der Waals surface area contributed by atoms with Crippen molar-refractivity contribution in [2.45, 2.75) is 13.0 Å². The Morgan fingerprint density at radius 2 is 1.78 bits per heavy atom. The molecular weight excluding hydrogens is 414 g/mol. The number of ether oxygens (including phenoxy) is 1. The van der Waals surface area contributed by atoms with E-state index in [1.165, 1.54) is 24.3 Å². The number of urea groups is 1. The summed E-state index contributed by atoms with van der Waals surface area (Å²) >= 11 is 0. The van der Waals surface area contributed by atoms with Crippen LogP contribution in [0, 0.1) is 10.1 Å². The molecule has 3 amide bonds. The summed E-state index contributed by atoms with van der Waals surface area (Å²) < 4.78 is 5.39. The van der Waals surface area contributed by atoms with E-state index in [0.29, 0.717) is 30.2 Å². The van der Waals surface area contributed by atoms with Gasteiger partial charge in [-0.25, -0.2) is 4.79 Å². The topological polar surface area (TPSA) is 126 Å². The average Bonchev–Trinajstić information content (AvgIpc) is 2.79. The Labute approximate surface area is 184 Å². The van der Waals surface area contributed by atoms with E-state index in [2.05, 4.69) is 20.9 Å². The molecule has 0 radical (unpaired) electrons. The zero-order valence-corrected chi connectivity index (χ0v) is 17.5. The molecule has 10 nitrogen and oxygen atoms in total. The normalized spacial score (nSPS) is 18.6. The molecule has 2 aromatic carbocycles. The zero-order valence-electron chi connectivity index (χ0n) is 17.5. The number of nitrogens with zero attached hydrogens (tertiary/aromatic N) is 2.